The van der Waals surface area contributed by atoms with Crippen LogP contribution in [0.25, 0.3) is 0 Å². The first kappa shape index (κ1) is 34.9. The van der Waals surface area contributed by atoms with E-state index in [2.05, 4.69) is 50.5 Å². The van der Waals surface area contributed by atoms with Crippen molar-refractivity contribution in [1.29, 1.82) is 0 Å². The lowest BCUT2D eigenvalue weighted by molar-refractivity contribution is -0.263. The Hall–Kier alpha value is -0.950. The fourth-order valence-corrected chi connectivity index (χ4v) is 12.2. The number of halogens is 1. The van der Waals surface area contributed by atoms with Crippen LogP contribution in [-0.2, 0) is 14.2 Å². The lowest BCUT2D eigenvalue weighted by Crippen LogP contribution is -2.58. The van der Waals surface area contributed by atoms with Gasteiger partial charge in [-0.05, 0) is 129 Å². The molecule has 5 aliphatic rings. The van der Waals surface area contributed by atoms with Crippen LogP contribution in [0.3, 0.4) is 0 Å². The van der Waals surface area contributed by atoms with Crippen molar-refractivity contribution < 1.29 is 24.1 Å². The van der Waals surface area contributed by atoms with Crippen LogP contribution in [0.5, 0.6) is 0 Å². The first-order chi connectivity index (χ1) is 21.9. The van der Waals surface area contributed by atoms with Gasteiger partial charge >= 0.3 is 5.97 Å². The molecule has 1 aromatic rings. The molecule has 4 aliphatic carbocycles. The minimum absolute atomic E-state index is 0.115. The van der Waals surface area contributed by atoms with Crippen molar-refractivity contribution in [3.8, 4) is 0 Å². The molecule has 0 spiro atoms. The standard InChI is InChI=1S/C40H61BrO5/c1-24(2)11-10-12-25(3)31-17-18-32-30-16-15-28-23-29(19-21-39(28,5)33(30)20-22-40(31,32)6)45-38-34(41)36(35(42)26(4)44-38)46-37(43)27-13-8-7-9-14-27/h7-9,13-14,24-26,28-36,38,42H,10-12,15-23H2,1-6H3/t25-,26+,28+,29+,30+,31-,32+,33+,34-,35+,36-,38+,39+,40-/m1/s1. The minimum atomic E-state index is -0.933. The number of alkyl halides is 1. The van der Waals surface area contributed by atoms with Crippen LogP contribution in [0.1, 0.15) is 129 Å². The molecular formula is C40H61BrO5. The molecule has 0 unspecified atom stereocenters. The van der Waals surface area contributed by atoms with Crippen LogP contribution in [0.2, 0.25) is 0 Å². The summed E-state index contributed by atoms with van der Waals surface area (Å²) in [6, 6.07) is 8.96. The molecule has 14 atom stereocenters. The van der Waals surface area contributed by atoms with Crippen molar-refractivity contribution in [3.05, 3.63) is 35.9 Å². The van der Waals surface area contributed by atoms with Crippen molar-refractivity contribution in [2.75, 3.05) is 0 Å². The molecule has 0 radical (unpaired) electrons. The lowest BCUT2D eigenvalue weighted by Gasteiger charge is -2.61. The van der Waals surface area contributed by atoms with Crippen molar-refractivity contribution >= 4 is 21.9 Å². The van der Waals surface area contributed by atoms with E-state index in [1.807, 2.05) is 25.1 Å². The maximum absolute atomic E-state index is 12.9. The van der Waals surface area contributed by atoms with E-state index in [4.69, 9.17) is 14.2 Å². The zero-order chi connectivity index (χ0) is 32.8. The van der Waals surface area contributed by atoms with Gasteiger partial charge in [0.1, 0.15) is 17.0 Å². The van der Waals surface area contributed by atoms with Gasteiger partial charge in [-0.25, -0.2) is 4.79 Å². The average Bonchev–Trinajstić information content (AvgIpc) is 3.39. The van der Waals surface area contributed by atoms with Crippen LogP contribution in [0.4, 0.5) is 0 Å². The molecule has 6 heteroatoms. The van der Waals surface area contributed by atoms with Gasteiger partial charge in [-0.3, -0.25) is 0 Å². The van der Waals surface area contributed by atoms with Gasteiger partial charge in [0.2, 0.25) is 0 Å². The highest BCUT2D eigenvalue weighted by molar-refractivity contribution is 9.09. The monoisotopic (exact) mass is 700 g/mol. The van der Waals surface area contributed by atoms with E-state index >= 15 is 0 Å². The molecule has 5 fully saturated rings. The number of aliphatic hydroxyl groups excluding tert-OH is 1. The number of ether oxygens (including phenoxy) is 3. The summed E-state index contributed by atoms with van der Waals surface area (Å²) >= 11 is 3.72. The van der Waals surface area contributed by atoms with Gasteiger partial charge in [-0.2, -0.15) is 0 Å². The van der Waals surface area contributed by atoms with Crippen molar-refractivity contribution in [3.63, 3.8) is 0 Å². The van der Waals surface area contributed by atoms with E-state index in [9.17, 15) is 9.90 Å². The summed E-state index contributed by atoms with van der Waals surface area (Å²) in [7, 11) is 0. The van der Waals surface area contributed by atoms with Crippen molar-refractivity contribution in [2.45, 2.75) is 154 Å². The molecule has 0 amide bonds. The number of aliphatic hydroxyl groups is 1. The average molecular weight is 702 g/mol. The molecule has 5 nitrogen and oxygen atoms in total. The number of fused-ring (bicyclic) bond motifs is 5. The lowest BCUT2D eigenvalue weighted by atomic mass is 9.44. The highest BCUT2D eigenvalue weighted by atomic mass is 79.9. The number of rotatable bonds is 9. The van der Waals surface area contributed by atoms with Crippen LogP contribution >= 0.6 is 15.9 Å². The van der Waals surface area contributed by atoms with E-state index in [1.165, 1.54) is 64.2 Å². The van der Waals surface area contributed by atoms with Gasteiger partial charge in [0.25, 0.3) is 0 Å². The van der Waals surface area contributed by atoms with Crippen LogP contribution < -0.4 is 0 Å². The Labute approximate surface area is 287 Å². The molecular weight excluding hydrogens is 640 g/mol. The Morgan fingerprint density at radius 1 is 0.978 bits per heavy atom. The molecule has 46 heavy (non-hydrogen) atoms. The number of benzene rings is 1. The number of esters is 1. The van der Waals surface area contributed by atoms with Gasteiger partial charge in [0.05, 0.1) is 17.8 Å². The summed E-state index contributed by atoms with van der Waals surface area (Å²) in [5, 5.41) is 10.9. The number of carbonyl (C=O) groups is 1. The number of carbonyl (C=O) groups excluding carboxylic acids is 1. The second-order valence-corrected chi connectivity index (χ2v) is 18.2. The molecule has 1 saturated heterocycles. The third kappa shape index (κ3) is 6.64. The largest absolute Gasteiger partial charge is 0.454 e. The van der Waals surface area contributed by atoms with E-state index in [0.717, 1.165) is 48.3 Å². The number of hydrogen-bond donors (Lipinski definition) is 1. The third-order valence-corrected chi connectivity index (χ3v) is 15.1. The van der Waals surface area contributed by atoms with Crippen LogP contribution in [0, 0.1) is 52.3 Å². The van der Waals surface area contributed by atoms with Gasteiger partial charge in [0.15, 0.2) is 6.29 Å². The van der Waals surface area contributed by atoms with E-state index in [1.54, 1.807) is 12.1 Å². The van der Waals surface area contributed by atoms with E-state index in [-0.39, 0.29) is 6.10 Å². The van der Waals surface area contributed by atoms with E-state index < -0.39 is 35.4 Å². The molecule has 1 N–H and O–H groups in total. The summed E-state index contributed by atoms with van der Waals surface area (Å²) in [6.07, 6.45) is 13.3. The zero-order valence-electron chi connectivity index (χ0n) is 29.3. The molecule has 1 aliphatic heterocycles. The topological polar surface area (TPSA) is 65.0 Å². The number of hydrogen-bond acceptors (Lipinski definition) is 5. The highest BCUT2D eigenvalue weighted by Gasteiger charge is 2.61. The summed E-state index contributed by atoms with van der Waals surface area (Å²) in [4.78, 5) is 12.4. The van der Waals surface area contributed by atoms with Crippen molar-refractivity contribution in [2.24, 2.45) is 52.3 Å². The fraction of sp³-hybridized carbons (Fsp3) is 0.825. The smallest absolute Gasteiger partial charge is 0.338 e. The second-order valence-electron chi connectivity index (χ2n) is 17.1. The second kappa shape index (κ2) is 14.1. The Balaban J connectivity index is 1.07. The van der Waals surface area contributed by atoms with Gasteiger partial charge in [0, 0.05) is 0 Å². The maximum atomic E-state index is 12.9. The SMILES string of the molecule is CC(C)CCC[C@@H](C)[C@H]1CC[C@H]2[C@@H]3CC[C@H]4C[C@@H](O[C@@H]5O[C@@H](C)[C@H](O)[C@H](OC(=O)c6ccccc6)[C@H]5Br)CC[C@]4(C)[C@H]3CC[C@]12C. The third-order valence-electron chi connectivity index (χ3n) is 14.1. The first-order valence-electron chi connectivity index (χ1n) is 18.8. The van der Waals surface area contributed by atoms with E-state index in [0.29, 0.717) is 22.3 Å². The quantitative estimate of drug-likeness (QED) is 0.158. The molecule has 258 valence electrons. The Kier molecular flexibility index (Phi) is 10.7. The van der Waals surface area contributed by atoms with Gasteiger partial charge in [-0.15, -0.1) is 0 Å². The molecule has 0 aromatic heterocycles. The Morgan fingerprint density at radius 3 is 2.43 bits per heavy atom. The van der Waals surface area contributed by atoms with Crippen molar-refractivity contribution in [1.82, 2.24) is 0 Å². The van der Waals surface area contributed by atoms with Gasteiger partial charge in [-0.1, -0.05) is 88.0 Å². The minimum Gasteiger partial charge on any atom is -0.454 e. The predicted molar refractivity (Wildman–Crippen MR) is 187 cm³/mol. The first-order valence-corrected chi connectivity index (χ1v) is 19.7. The summed E-state index contributed by atoms with van der Waals surface area (Å²) in [5.74, 6) is 5.46. The van der Waals surface area contributed by atoms with Gasteiger partial charge < -0.3 is 19.3 Å². The predicted octanol–water partition coefficient (Wildman–Crippen LogP) is 9.59. The van der Waals surface area contributed by atoms with Crippen LogP contribution in [-0.4, -0.2) is 46.6 Å². The molecule has 0 bridgehead atoms. The highest BCUT2D eigenvalue weighted by Crippen LogP contribution is 2.68. The summed E-state index contributed by atoms with van der Waals surface area (Å²) in [5.41, 5.74) is 1.40. The fourth-order valence-electron chi connectivity index (χ4n) is 11.5. The molecule has 4 saturated carbocycles. The summed E-state index contributed by atoms with van der Waals surface area (Å²) in [6.45, 7) is 14.5. The summed E-state index contributed by atoms with van der Waals surface area (Å²) < 4.78 is 18.8. The molecule has 1 aromatic carbocycles. The Morgan fingerprint density at radius 2 is 1.70 bits per heavy atom. The molecule has 6 rings (SSSR count). The Bertz CT molecular complexity index is 1180. The van der Waals surface area contributed by atoms with Crippen LogP contribution in [0.15, 0.2) is 30.3 Å². The maximum Gasteiger partial charge on any atom is 0.338 e. The normalized spacial score (nSPS) is 44.6. The zero-order valence-corrected chi connectivity index (χ0v) is 30.9. The molecule has 1 heterocycles.